The number of rotatable bonds is 7. The summed E-state index contributed by atoms with van der Waals surface area (Å²) in [5.41, 5.74) is 4.23. The molecule has 0 spiro atoms. The molecule has 6 heteroatoms. The van der Waals surface area contributed by atoms with Crippen LogP contribution in [0.15, 0.2) is 72.3 Å². The third-order valence-corrected chi connectivity index (χ3v) is 6.93. The molecule has 3 aromatic carbocycles. The average Bonchev–Trinajstić information content (AvgIpc) is 3.39. The maximum absolute atomic E-state index is 13.4. The predicted octanol–water partition coefficient (Wildman–Crippen LogP) is 5.98. The van der Waals surface area contributed by atoms with Gasteiger partial charge in [-0.25, -0.2) is 0 Å². The van der Waals surface area contributed by atoms with E-state index in [1.54, 1.807) is 11.0 Å². The maximum Gasteiger partial charge on any atom is 0.295 e. The predicted molar refractivity (Wildman–Crippen MR) is 146 cm³/mol. The highest BCUT2D eigenvalue weighted by Crippen LogP contribution is 2.41. The lowest BCUT2D eigenvalue weighted by Gasteiger charge is -2.26. The number of hydrogen-bond acceptors (Lipinski definition) is 5. The van der Waals surface area contributed by atoms with Gasteiger partial charge in [0.2, 0.25) is 0 Å². The minimum atomic E-state index is -0.713. The molecule has 2 aliphatic heterocycles. The average molecular weight is 512 g/mol. The Morgan fingerprint density at radius 3 is 2.55 bits per heavy atom. The second-order valence-electron chi connectivity index (χ2n) is 10.6. The summed E-state index contributed by atoms with van der Waals surface area (Å²) in [6.45, 7) is 8.98. The number of Topliss-reactive ketones (excluding diaryl/α,β-unsaturated/α-hetero) is 1. The molecule has 5 rings (SSSR count). The number of nitrogens with zero attached hydrogens (tertiary/aromatic N) is 1. The topological polar surface area (TPSA) is 76.1 Å². The fourth-order valence-electron chi connectivity index (χ4n) is 5.11. The molecule has 0 aliphatic carbocycles. The van der Waals surface area contributed by atoms with Gasteiger partial charge in [-0.1, -0.05) is 55.8 Å². The van der Waals surface area contributed by atoms with Crippen LogP contribution in [-0.4, -0.2) is 34.4 Å². The van der Waals surface area contributed by atoms with Crippen LogP contribution >= 0.6 is 0 Å². The van der Waals surface area contributed by atoms with Crippen LogP contribution in [-0.2, 0) is 22.6 Å². The summed E-state index contributed by atoms with van der Waals surface area (Å²) >= 11 is 0. The summed E-state index contributed by atoms with van der Waals surface area (Å²) in [4.78, 5) is 28.4. The van der Waals surface area contributed by atoms with Gasteiger partial charge >= 0.3 is 0 Å². The van der Waals surface area contributed by atoms with Crippen LogP contribution in [0.3, 0.4) is 0 Å². The first-order valence-electron chi connectivity index (χ1n) is 13.1. The number of ketones is 1. The Morgan fingerprint density at radius 2 is 1.84 bits per heavy atom. The lowest BCUT2D eigenvalue weighted by molar-refractivity contribution is -0.140. The van der Waals surface area contributed by atoms with Crippen LogP contribution in [0.2, 0.25) is 0 Å². The molecule has 0 bridgehead atoms. The van der Waals surface area contributed by atoms with Gasteiger partial charge in [0.1, 0.15) is 23.4 Å². The number of aliphatic hydroxyl groups excluding tert-OH is 1. The van der Waals surface area contributed by atoms with Gasteiger partial charge in [-0.15, -0.1) is 0 Å². The molecule has 38 heavy (non-hydrogen) atoms. The van der Waals surface area contributed by atoms with Crippen LogP contribution < -0.4 is 9.47 Å². The Kier molecular flexibility index (Phi) is 6.98. The summed E-state index contributed by atoms with van der Waals surface area (Å²) in [6, 6.07) is 20.0. The van der Waals surface area contributed by atoms with Gasteiger partial charge < -0.3 is 19.5 Å². The van der Waals surface area contributed by atoms with Gasteiger partial charge in [0.15, 0.2) is 0 Å². The third-order valence-electron chi connectivity index (χ3n) is 6.93. The van der Waals surface area contributed by atoms with E-state index in [2.05, 4.69) is 13.8 Å². The van der Waals surface area contributed by atoms with Crippen molar-refractivity contribution >= 4 is 17.4 Å². The third kappa shape index (κ3) is 5.03. The van der Waals surface area contributed by atoms with Crippen molar-refractivity contribution in [3.8, 4) is 11.5 Å². The number of aliphatic hydroxyl groups is 1. The highest BCUT2D eigenvalue weighted by atomic mass is 16.5. The molecule has 0 radical (unpaired) electrons. The number of fused-ring (bicyclic) bond motifs is 1. The standard InChI is InChI=1S/C32H33NO5/c1-19(2)18-37-26-11-8-22(9-12-26)17-33-29(23-7-5-6-20(3)14-23)28(31(35)32(33)36)30(34)24-10-13-27-25(16-24)15-21(4)38-27/h5-14,16,19,21,29,34H,15,17-18H2,1-4H3/b30-28-. The number of likely N-dealkylation sites (tertiary alicyclic amines) is 1. The van der Waals surface area contributed by atoms with E-state index in [4.69, 9.17) is 9.47 Å². The first-order valence-corrected chi connectivity index (χ1v) is 13.1. The molecular formula is C32H33NO5. The summed E-state index contributed by atoms with van der Waals surface area (Å²) in [6.07, 6.45) is 0.783. The Bertz CT molecular complexity index is 1410. The Balaban J connectivity index is 1.53. The van der Waals surface area contributed by atoms with Crippen molar-refractivity contribution in [2.75, 3.05) is 6.61 Å². The number of carbonyl (C=O) groups is 2. The van der Waals surface area contributed by atoms with E-state index >= 15 is 0 Å². The van der Waals surface area contributed by atoms with Crippen molar-refractivity contribution < 1.29 is 24.2 Å². The fraction of sp³-hybridized carbons (Fsp3) is 0.312. The minimum absolute atomic E-state index is 0.0578. The van der Waals surface area contributed by atoms with Crippen molar-refractivity contribution in [1.82, 2.24) is 4.90 Å². The van der Waals surface area contributed by atoms with Crippen molar-refractivity contribution in [3.63, 3.8) is 0 Å². The zero-order chi connectivity index (χ0) is 27.0. The number of aryl methyl sites for hydroxylation is 1. The quantitative estimate of drug-likeness (QED) is 0.240. The molecule has 0 aromatic heterocycles. The van der Waals surface area contributed by atoms with Gasteiger partial charge in [-0.05, 0) is 66.8 Å². The van der Waals surface area contributed by atoms with Gasteiger partial charge in [0, 0.05) is 18.5 Å². The number of ether oxygens (including phenoxy) is 2. The molecule has 2 heterocycles. The molecule has 1 fully saturated rings. The molecule has 2 unspecified atom stereocenters. The van der Waals surface area contributed by atoms with E-state index < -0.39 is 17.7 Å². The maximum atomic E-state index is 13.4. The number of carbonyl (C=O) groups excluding carboxylic acids is 2. The lowest BCUT2D eigenvalue weighted by atomic mass is 9.93. The Hall–Kier alpha value is -4.06. The molecule has 6 nitrogen and oxygen atoms in total. The van der Waals surface area contributed by atoms with Crippen LogP contribution in [0.4, 0.5) is 0 Å². The van der Waals surface area contributed by atoms with Crippen LogP contribution in [0, 0.1) is 12.8 Å². The molecule has 1 saturated heterocycles. The van der Waals surface area contributed by atoms with E-state index in [-0.39, 0.29) is 24.0 Å². The molecule has 1 N–H and O–H groups in total. The monoisotopic (exact) mass is 511 g/mol. The number of benzene rings is 3. The zero-order valence-electron chi connectivity index (χ0n) is 22.2. The van der Waals surface area contributed by atoms with E-state index in [9.17, 15) is 14.7 Å². The zero-order valence-corrected chi connectivity index (χ0v) is 22.2. The van der Waals surface area contributed by atoms with Gasteiger partial charge in [0.25, 0.3) is 11.7 Å². The van der Waals surface area contributed by atoms with Crippen molar-refractivity contribution in [1.29, 1.82) is 0 Å². The Labute approximate surface area is 223 Å². The number of hydrogen-bond donors (Lipinski definition) is 1. The van der Waals surface area contributed by atoms with E-state index in [0.717, 1.165) is 40.2 Å². The normalized spacial score (nSPS) is 20.1. The summed E-state index contributed by atoms with van der Waals surface area (Å²) in [5.74, 6) is 0.474. The first-order chi connectivity index (χ1) is 18.2. The molecule has 0 saturated carbocycles. The van der Waals surface area contributed by atoms with E-state index in [1.807, 2.05) is 74.5 Å². The van der Waals surface area contributed by atoms with E-state index in [1.165, 1.54) is 0 Å². The molecule has 3 aromatic rings. The van der Waals surface area contributed by atoms with Gasteiger partial charge in [-0.3, -0.25) is 9.59 Å². The Morgan fingerprint density at radius 1 is 1.08 bits per heavy atom. The van der Waals surface area contributed by atoms with Crippen molar-refractivity contribution in [2.24, 2.45) is 5.92 Å². The summed E-state index contributed by atoms with van der Waals surface area (Å²) < 4.78 is 11.6. The molecule has 2 aliphatic rings. The molecule has 1 amide bonds. The summed E-state index contributed by atoms with van der Waals surface area (Å²) in [7, 11) is 0. The molecule has 2 atom stereocenters. The SMILES string of the molecule is Cc1cccc(C2/C(=C(/O)c3ccc4c(c3)CC(C)O4)C(=O)C(=O)N2Cc2ccc(OCC(C)C)cc2)c1. The smallest absolute Gasteiger partial charge is 0.295 e. The number of amides is 1. The van der Waals surface area contributed by atoms with E-state index in [0.29, 0.717) is 18.1 Å². The molecule has 196 valence electrons. The first kappa shape index (κ1) is 25.6. The van der Waals surface area contributed by atoms with Gasteiger partial charge in [-0.2, -0.15) is 0 Å². The highest BCUT2D eigenvalue weighted by molar-refractivity contribution is 6.46. The minimum Gasteiger partial charge on any atom is -0.507 e. The highest BCUT2D eigenvalue weighted by Gasteiger charge is 2.46. The fourth-order valence-corrected chi connectivity index (χ4v) is 5.11. The lowest BCUT2D eigenvalue weighted by Crippen LogP contribution is -2.29. The second kappa shape index (κ2) is 10.4. The second-order valence-corrected chi connectivity index (χ2v) is 10.6. The molecular weight excluding hydrogens is 478 g/mol. The summed E-state index contributed by atoms with van der Waals surface area (Å²) in [5, 5.41) is 11.5. The van der Waals surface area contributed by atoms with Crippen molar-refractivity contribution in [2.45, 2.75) is 52.8 Å². The largest absolute Gasteiger partial charge is 0.507 e. The van der Waals surface area contributed by atoms with Crippen LogP contribution in [0.25, 0.3) is 5.76 Å². The van der Waals surface area contributed by atoms with Crippen molar-refractivity contribution in [3.05, 3.63) is 100 Å². The van der Waals surface area contributed by atoms with Crippen LogP contribution in [0.1, 0.15) is 54.6 Å². The van der Waals surface area contributed by atoms with Gasteiger partial charge in [0.05, 0.1) is 18.2 Å². The van der Waals surface area contributed by atoms with Crippen LogP contribution in [0.5, 0.6) is 11.5 Å².